The number of anilines is 1. The Morgan fingerprint density at radius 3 is 2.57 bits per heavy atom. The van der Waals surface area contributed by atoms with Gasteiger partial charge in [-0.3, -0.25) is 4.79 Å². The normalized spacial score (nSPS) is 12.1. The fourth-order valence-electron chi connectivity index (χ4n) is 1.36. The molecule has 0 aliphatic heterocycles. The number of hydrogen-bond acceptors (Lipinski definition) is 2. The summed E-state index contributed by atoms with van der Waals surface area (Å²) in [6.45, 7) is 3.93. The van der Waals surface area contributed by atoms with Crippen LogP contribution in [0.5, 0.6) is 0 Å². The van der Waals surface area contributed by atoms with Gasteiger partial charge in [-0.1, -0.05) is 25.1 Å². The largest absolute Gasteiger partial charge is 0.382 e. The van der Waals surface area contributed by atoms with E-state index in [1.807, 2.05) is 44.2 Å². The molecule has 0 aliphatic carbocycles. The third-order valence-electron chi connectivity index (χ3n) is 2.12. The molecule has 1 unspecified atom stereocenters. The van der Waals surface area contributed by atoms with Gasteiger partial charge in [0.05, 0.1) is 0 Å². The van der Waals surface area contributed by atoms with E-state index in [4.69, 9.17) is 0 Å². The number of carbonyl (C=O) groups excluding carboxylic acids is 1. The molecular formula is C12H17NO. The quantitative estimate of drug-likeness (QED) is 0.775. The highest BCUT2D eigenvalue weighted by molar-refractivity contribution is 5.79. The predicted molar refractivity (Wildman–Crippen MR) is 59.4 cm³/mol. The zero-order valence-electron chi connectivity index (χ0n) is 8.79. The molecule has 1 N–H and O–H groups in total. The van der Waals surface area contributed by atoms with Gasteiger partial charge in [-0.05, 0) is 19.1 Å². The first-order valence-corrected chi connectivity index (χ1v) is 5.05. The monoisotopic (exact) mass is 191 g/mol. The Kier molecular flexibility index (Phi) is 4.17. The summed E-state index contributed by atoms with van der Waals surface area (Å²) < 4.78 is 0. The maximum absolute atomic E-state index is 11.2. The lowest BCUT2D eigenvalue weighted by Crippen LogP contribution is -2.18. The van der Waals surface area contributed by atoms with E-state index in [-0.39, 0.29) is 6.04 Å². The third kappa shape index (κ3) is 3.60. The van der Waals surface area contributed by atoms with Gasteiger partial charge in [-0.15, -0.1) is 0 Å². The first-order chi connectivity index (χ1) is 6.72. The van der Waals surface area contributed by atoms with Crippen molar-refractivity contribution in [2.24, 2.45) is 0 Å². The van der Waals surface area contributed by atoms with E-state index in [9.17, 15) is 4.79 Å². The number of nitrogens with one attached hydrogen (secondary N) is 1. The van der Waals surface area contributed by atoms with Gasteiger partial charge in [0, 0.05) is 24.6 Å². The Hall–Kier alpha value is -1.31. The Balaban J connectivity index is 2.41. The lowest BCUT2D eigenvalue weighted by atomic mass is 10.1. The van der Waals surface area contributed by atoms with Crippen LogP contribution in [0.4, 0.5) is 5.69 Å². The first-order valence-electron chi connectivity index (χ1n) is 5.05. The highest BCUT2D eigenvalue weighted by Gasteiger charge is 2.06. The van der Waals surface area contributed by atoms with Crippen LogP contribution in [0.3, 0.4) is 0 Å². The van der Waals surface area contributed by atoms with Crippen molar-refractivity contribution in [3.8, 4) is 0 Å². The second-order valence-electron chi connectivity index (χ2n) is 3.51. The standard InChI is InChI=1S/C12H17NO/c1-3-12(14)9-10(2)13-11-7-5-4-6-8-11/h4-8,10,13H,3,9H2,1-2H3. The number of rotatable bonds is 5. The van der Waals surface area contributed by atoms with Gasteiger partial charge in [-0.25, -0.2) is 0 Å². The van der Waals surface area contributed by atoms with E-state index in [2.05, 4.69) is 5.32 Å². The van der Waals surface area contributed by atoms with E-state index >= 15 is 0 Å². The summed E-state index contributed by atoms with van der Waals surface area (Å²) in [5, 5.41) is 3.29. The van der Waals surface area contributed by atoms with Crippen molar-refractivity contribution in [2.75, 3.05) is 5.32 Å². The predicted octanol–water partition coefficient (Wildman–Crippen LogP) is 2.86. The van der Waals surface area contributed by atoms with Crippen LogP contribution >= 0.6 is 0 Å². The first kappa shape index (κ1) is 10.8. The van der Waals surface area contributed by atoms with Crippen molar-refractivity contribution < 1.29 is 4.79 Å². The van der Waals surface area contributed by atoms with Gasteiger partial charge < -0.3 is 5.32 Å². The number of para-hydroxylation sites is 1. The average Bonchev–Trinajstić information content (AvgIpc) is 2.19. The number of ketones is 1. The summed E-state index contributed by atoms with van der Waals surface area (Å²) >= 11 is 0. The number of carbonyl (C=O) groups is 1. The molecule has 76 valence electrons. The molecule has 0 saturated heterocycles. The highest BCUT2D eigenvalue weighted by atomic mass is 16.1. The number of hydrogen-bond donors (Lipinski definition) is 1. The van der Waals surface area contributed by atoms with Gasteiger partial charge in [0.2, 0.25) is 0 Å². The van der Waals surface area contributed by atoms with Crippen molar-refractivity contribution in [1.82, 2.24) is 0 Å². The Bertz CT molecular complexity index is 282. The summed E-state index contributed by atoms with van der Waals surface area (Å²) in [5.41, 5.74) is 1.07. The van der Waals surface area contributed by atoms with Gasteiger partial charge >= 0.3 is 0 Å². The van der Waals surface area contributed by atoms with E-state index in [1.165, 1.54) is 0 Å². The Morgan fingerprint density at radius 1 is 1.36 bits per heavy atom. The molecule has 1 aromatic carbocycles. The molecule has 0 heterocycles. The Labute approximate surface area is 85.3 Å². The molecule has 0 aromatic heterocycles. The van der Waals surface area contributed by atoms with Gasteiger partial charge in [0.25, 0.3) is 0 Å². The van der Waals surface area contributed by atoms with Crippen LogP contribution < -0.4 is 5.32 Å². The van der Waals surface area contributed by atoms with Crippen LogP contribution in [0.15, 0.2) is 30.3 Å². The van der Waals surface area contributed by atoms with E-state index in [0.717, 1.165) is 5.69 Å². The van der Waals surface area contributed by atoms with Crippen molar-refractivity contribution >= 4 is 11.5 Å². The minimum absolute atomic E-state index is 0.213. The molecule has 0 aliphatic rings. The summed E-state index contributed by atoms with van der Waals surface area (Å²) in [7, 11) is 0. The van der Waals surface area contributed by atoms with E-state index in [0.29, 0.717) is 18.6 Å². The highest BCUT2D eigenvalue weighted by Crippen LogP contribution is 2.09. The molecular weight excluding hydrogens is 174 g/mol. The van der Waals surface area contributed by atoms with Gasteiger partial charge in [-0.2, -0.15) is 0 Å². The zero-order chi connectivity index (χ0) is 10.4. The zero-order valence-corrected chi connectivity index (χ0v) is 8.79. The smallest absolute Gasteiger partial charge is 0.134 e. The minimum atomic E-state index is 0.213. The number of Topliss-reactive ketones (excluding diaryl/α,β-unsaturated/α-hetero) is 1. The van der Waals surface area contributed by atoms with Crippen LogP contribution in [0.1, 0.15) is 26.7 Å². The van der Waals surface area contributed by atoms with Crippen molar-refractivity contribution in [3.05, 3.63) is 30.3 Å². The summed E-state index contributed by atoms with van der Waals surface area (Å²) in [4.78, 5) is 11.2. The van der Waals surface area contributed by atoms with Crippen molar-refractivity contribution in [3.63, 3.8) is 0 Å². The average molecular weight is 191 g/mol. The van der Waals surface area contributed by atoms with Crippen LogP contribution in [-0.2, 0) is 4.79 Å². The SMILES string of the molecule is CCC(=O)CC(C)Nc1ccccc1. The van der Waals surface area contributed by atoms with Crippen LogP contribution in [0.25, 0.3) is 0 Å². The maximum Gasteiger partial charge on any atom is 0.134 e. The van der Waals surface area contributed by atoms with Gasteiger partial charge in [0.15, 0.2) is 0 Å². The molecule has 1 rings (SSSR count). The summed E-state index contributed by atoms with van der Waals surface area (Å²) in [5.74, 6) is 0.306. The van der Waals surface area contributed by atoms with Crippen molar-refractivity contribution in [1.29, 1.82) is 0 Å². The molecule has 0 fully saturated rings. The molecule has 14 heavy (non-hydrogen) atoms. The fraction of sp³-hybridized carbons (Fsp3) is 0.417. The molecule has 0 radical (unpaired) electrons. The molecule has 1 atom stereocenters. The van der Waals surface area contributed by atoms with E-state index in [1.54, 1.807) is 0 Å². The molecule has 0 amide bonds. The second-order valence-corrected chi connectivity index (χ2v) is 3.51. The maximum atomic E-state index is 11.2. The fourth-order valence-corrected chi connectivity index (χ4v) is 1.36. The lowest BCUT2D eigenvalue weighted by molar-refractivity contribution is -0.118. The molecule has 1 aromatic rings. The minimum Gasteiger partial charge on any atom is -0.382 e. The second kappa shape index (κ2) is 5.43. The molecule has 0 saturated carbocycles. The molecule has 0 bridgehead atoms. The van der Waals surface area contributed by atoms with Crippen LogP contribution in [0.2, 0.25) is 0 Å². The molecule has 2 heteroatoms. The Morgan fingerprint density at radius 2 is 2.00 bits per heavy atom. The number of benzene rings is 1. The van der Waals surface area contributed by atoms with E-state index < -0.39 is 0 Å². The van der Waals surface area contributed by atoms with Gasteiger partial charge in [0.1, 0.15) is 5.78 Å². The van der Waals surface area contributed by atoms with Crippen LogP contribution in [-0.4, -0.2) is 11.8 Å². The lowest BCUT2D eigenvalue weighted by Gasteiger charge is -2.13. The van der Waals surface area contributed by atoms with Crippen molar-refractivity contribution in [2.45, 2.75) is 32.7 Å². The molecule has 0 spiro atoms. The summed E-state index contributed by atoms with van der Waals surface area (Å²) in [6, 6.07) is 10.2. The molecule has 2 nitrogen and oxygen atoms in total. The third-order valence-corrected chi connectivity index (χ3v) is 2.12. The summed E-state index contributed by atoms with van der Waals surface area (Å²) in [6.07, 6.45) is 1.23. The van der Waals surface area contributed by atoms with Crippen LogP contribution in [0, 0.1) is 0 Å². The topological polar surface area (TPSA) is 29.1 Å².